The molecule has 1 unspecified atom stereocenters. The Morgan fingerprint density at radius 3 is 3.06 bits per heavy atom. The van der Waals surface area contributed by atoms with Crippen LogP contribution in [0.3, 0.4) is 0 Å². The Labute approximate surface area is 113 Å². The molecule has 0 saturated carbocycles. The lowest BCUT2D eigenvalue weighted by Gasteiger charge is -2.32. The molecule has 2 rings (SSSR count). The van der Waals surface area contributed by atoms with Gasteiger partial charge in [-0.25, -0.2) is 0 Å². The zero-order valence-corrected chi connectivity index (χ0v) is 11.4. The van der Waals surface area contributed by atoms with Crippen LogP contribution >= 0.6 is 11.6 Å². The summed E-state index contributed by atoms with van der Waals surface area (Å²) in [6, 6.07) is 5.23. The van der Waals surface area contributed by atoms with E-state index in [1.807, 2.05) is 4.90 Å². The molecule has 1 aliphatic rings. The standard InChI is InChI=1S/C14H19ClN2O/c1-2-10-5-4-8-17(9-10)14(18)11-6-3-7-12(16)13(11)15/h3,6-7,10H,2,4-5,8-9,16H2,1H3. The Morgan fingerprint density at radius 2 is 2.33 bits per heavy atom. The second-order valence-electron chi connectivity index (χ2n) is 4.88. The van der Waals surface area contributed by atoms with Crippen molar-refractivity contribution in [2.75, 3.05) is 18.8 Å². The average Bonchev–Trinajstić information content (AvgIpc) is 2.41. The molecule has 4 heteroatoms. The minimum atomic E-state index is 0.00505. The molecule has 3 nitrogen and oxygen atoms in total. The fourth-order valence-corrected chi connectivity index (χ4v) is 2.67. The fraction of sp³-hybridized carbons (Fsp3) is 0.500. The molecule has 0 spiro atoms. The van der Waals surface area contributed by atoms with E-state index in [9.17, 15) is 4.79 Å². The topological polar surface area (TPSA) is 46.3 Å². The first-order valence-corrected chi connectivity index (χ1v) is 6.84. The van der Waals surface area contributed by atoms with E-state index < -0.39 is 0 Å². The van der Waals surface area contributed by atoms with Crippen LogP contribution in [0.5, 0.6) is 0 Å². The van der Waals surface area contributed by atoms with Crippen LogP contribution in [0.1, 0.15) is 36.5 Å². The van der Waals surface area contributed by atoms with Crippen molar-refractivity contribution in [1.82, 2.24) is 4.90 Å². The lowest BCUT2D eigenvalue weighted by atomic mass is 9.95. The van der Waals surface area contributed by atoms with Crippen LogP contribution in [0.25, 0.3) is 0 Å². The fourth-order valence-electron chi connectivity index (χ4n) is 2.47. The summed E-state index contributed by atoms with van der Waals surface area (Å²) in [5.74, 6) is 0.619. The predicted molar refractivity (Wildman–Crippen MR) is 74.8 cm³/mol. The van der Waals surface area contributed by atoms with Gasteiger partial charge < -0.3 is 10.6 Å². The average molecular weight is 267 g/mol. The van der Waals surface area contributed by atoms with Gasteiger partial charge in [-0.05, 0) is 30.9 Å². The zero-order chi connectivity index (χ0) is 13.1. The van der Waals surface area contributed by atoms with Crippen LogP contribution in [-0.2, 0) is 0 Å². The van der Waals surface area contributed by atoms with Crippen molar-refractivity contribution >= 4 is 23.2 Å². The van der Waals surface area contributed by atoms with Gasteiger partial charge in [0.05, 0.1) is 16.3 Å². The Hall–Kier alpha value is -1.22. The van der Waals surface area contributed by atoms with Crippen LogP contribution in [0, 0.1) is 5.92 Å². The van der Waals surface area contributed by atoms with E-state index in [2.05, 4.69) is 6.92 Å². The summed E-state index contributed by atoms with van der Waals surface area (Å²) in [6.45, 7) is 3.83. The first kappa shape index (κ1) is 13.2. The number of nitrogen functional groups attached to an aromatic ring is 1. The van der Waals surface area contributed by atoms with E-state index in [1.54, 1.807) is 18.2 Å². The van der Waals surface area contributed by atoms with Gasteiger partial charge in [0, 0.05) is 13.1 Å². The van der Waals surface area contributed by atoms with E-state index in [0.29, 0.717) is 22.2 Å². The molecule has 2 N–H and O–H groups in total. The molecule has 0 bridgehead atoms. The quantitative estimate of drug-likeness (QED) is 0.836. The molecular formula is C14H19ClN2O. The molecule has 1 aromatic rings. The first-order chi connectivity index (χ1) is 8.63. The summed E-state index contributed by atoms with van der Waals surface area (Å²) in [6.07, 6.45) is 3.41. The second kappa shape index (κ2) is 5.61. The van der Waals surface area contributed by atoms with Crippen LogP contribution in [0.4, 0.5) is 5.69 Å². The number of likely N-dealkylation sites (tertiary alicyclic amines) is 1. The number of hydrogen-bond acceptors (Lipinski definition) is 2. The summed E-state index contributed by atoms with van der Waals surface area (Å²) in [5.41, 5.74) is 6.72. The van der Waals surface area contributed by atoms with Crippen molar-refractivity contribution in [3.8, 4) is 0 Å². The van der Waals surface area contributed by atoms with Crippen molar-refractivity contribution in [2.24, 2.45) is 5.92 Å². The molecule has 0 aliphatic carbocycles. The predicted octanol–water partition coefficient (Wildman–Crippen LogP) is 3.18. The zero-order valence-electron chi connectivity index (χ0n) is 10.7. The summed E-state index contributed by atoms with van der Waals surface area (Å²) >= 11 is 6.11. The number of halogens is 1. The highest BCUT2D eigenvalue weighted by Crippen LogP contribution is 2.26. The number of nitrogens with two attached hydrogens (primary N) is 1. The van der Waals surface area contributed by atoms with E-state index in [-0.39, 0.29) is 5.91 Å². The van der Waals surface area contributed by atoms with E-state index in [4.69, 9.17) is 17.3 Å². The SMILES string of the molecule is CCC1CCCN(C(=O)c2cccc(N)c2Cl)C1. The molecule has 0 aromatic heterocycles. The molecule has 98 valence electrons. The number of nitrogens with zero attached hydrogens (tertiary/aromatic N) is 1. The third-order valence-electron chi connectivity index (χ3n) is 3.64. The summed E-state index contributed by atoms with van der Waals surface area (Å²) in [5, 5.41) is 0.376. The molecule has 1 aromatic carbocycles. The maximum Gasteiger partial charge on any atom is 0.255 e. The monoisotopic (exact) mass is 266 g/mol. The summed E-state index contributed by atoms with van der Waals surface area (Å²) < 4.78 is 0. The van der Waals surface area contributed by atoms with Gasteiger partial charge >= 0.3 is 0 Å². The van der Waals surface area contributed by atoms with E-state index >= 15 is 0 Å². The lowest BCUT2D eigenvalue weighted by Crippen LogP contribution is -2.39. The van der Waals surface area contributed by atoms with Crippen molar-refractivity contribution in [2.45, 2.75) is 26.2 Å². The number of rotatable bonds is 2. The highest BCUT2D eigenvalue weighted by Gasteiger charge is 2.25. The molecule has 1 atom stereocenters. The Kier molecular flexibility index (Phi) is 4.12. The molecule has 18 heavy (non-hydrogen) atoms. The molecule has 0 radical (unpaired) electrons. The van der Waals surface area contributed by atoms with Gasteiger partial charge in [-0.2, -0.15) is 0 Å². The number of amides is 1. The first-order valence-electron chi connectivity index (χ1n) is 6.46. The van der Waals surface area contributed by atoms with Gasteiger partial charge in [0.2, 0.25) is 0 Å². The van der Waals surface area contributed by atoms with Gasteiger partial charge in [-0.3, -0.25) is 4.79 Å². The number of carbonyl (C=O) groups is 1. The van der Waals surface area contributed by atoms with Crippen LogP contribution < -0.4 is 5.73 Å². The highest BCUT2D eigenvalue weighted by molar-refractivity contribution is 6.36. The largest absolute Gasteiger partial charge is 0.398 e. The van der Waals surface area contributed by atoms with Crippen molar-refractivity contribution in [1.29, 1.82) is 0 Å². The maximum absolute atomic E-state index is 12.4. The Balaban J connectivity index is 2.18. The molecule has 1 aliphatic heterocycles. The van der Waals surface area contributed by atoms with E-state index in [1.165, 1.54) is 6.42 Å². The van der Waals surface area contributed by atoms with Crippen LogP contribution in [0.2, 0.25) is 5.02 Å². The Morgan fingerprint density at radius 1 is 1.56 bits per heavy atom. The van der Waals surface area contributed by atoms with Crippen molar-refractivity contribution in [3.63, 3.8) is 0 Å². The maximum atomic E-state index is 12.4. The molecule has 1 amide bonds. The summed E-state index contributed by atoms with van der Waals surface area (Å²) in [7, 11) is 0. The van der Waals surface area contributed by atoms with Gasteiger partial charge in [-0.1, -0.05) is 31.0 Å². The van der Waals surface area contributed by atoms with Gasteiger partial charge in [-0.15, -0.1) is 0 Å². The number of benzene rings is 1. The summed E-state index contributed by atoms with van der Waals surface area (Å²) in [4.78, 5) is 14.3. The van der Waals surface area contributed by atoms with Gasteiger partial charge in [0.25, 0.3) is 5.91 Å². The highest BCUT2D eigenvalue weighted by atomic mass is 35.5. The van der Waals surface area contributed by atoms with Crippen molar-refractivity contribution in [3.05, 3.63) is 28.8 Å². The van der Waals surface area contributed by atoms with Gasteiger partial charge in [0.15, 0.2) is 0 Å². The molecule has 1 heterocycles. The number of anilines is 1. The number of carbonyl (C=O) groups excluding carboxylic acids is 1. The molecule has 1 saturated heterocycles. The normalized spacial score (nSPS) is 19.9. The second-order valence-corrected chi connectivity index (χ2v) is 5.25. The molecule has 1 fully saturated rings. The lowest BCUT2D eigenvalue weighted by molar-refractivity contribution is 0.0671. The van der Waals surface area contributed by atoms with Crippen LogP contribution in [-0.4, -0.2) is 23.9 Å². The van der Waals surface area contributed by atoms with Crippen LogP contribution in [0.15, 0.2) is 18.2 Å². The minimum absolute atomic E-state index is 0.00505. The van der Waals surface area contributed by atoms with Crippen molar-refractivity contribution < 1.29 is 4.79 Å². The number of piperidine rings is 1. The number of hydrogen-bond donors (Lipinski definition) is 1. The van der Waals surface area contributed by atoms with E-state index in [0.717, 1.165) is 25.9 Å². The Bertz CT molecular complexity index is 447. The molecular weight excluding hydrogens is 248 g/mol. The smallest absolute Gasteiger partial charge is 0.255 e. The van der Waals surface area contributed by atoms with Gasteiger partial charge in [0.1, 0.15) is 0 Å². The minimum Gasteiger partial charge on any atom is -0.398 e. The third-order valence-corrected chi connectivity index (χ3v) is 4.06. The third kappa shape index (κ3) is 2.61.